The predicted molar refractivity (Wildman–Crippen MR) is 49.2 cm³/mol. The number of nitrogens with zero attached hydrogens (tertiary/aromatic N) is 1. The van der Waals surface area contributed by atoms with Crippen molar-refractivity contribution in [3.8, 4) is 5.75 Å². The zero-order valence-electron chi connectivity index (χ0n) is 6.84. The maximum absolute atomic E-state index is 9.31. The molecule has 1 N–H and O–H groups in total. The zero-order valence-corrected chi connectivity index (χ0v) is 9.27. The Morgan fingerprint density at radius 3 is 2.46 bits per heavy atom. The van der Waals surface area contributed by atoms with Crippen molar-refractivity contribution in [2.24, 2.45) is 0 Å². The summed E-state index contributed by atoms with van der Waals surface area (Å²) < 4.78 is 0. The molecule has 2 rings (SSSR count). The maximum atomic E-state index is 9.31. The second-order valence-electron chi connectivity index (χ2n) is 2.35. The topological polar surface area (TPSA) is 33.1 Å². The second-order valence-corrected chi connectivity index (χ2v) is 2.35. The van der Waals surface area contributed by atoms with Crippen molar-refractivity contribution >= 4 is 28.3 Å². The van der Waals surface area contributed by atoms with Gasteiger partial charge in [-0.1, -0.05) is 18.2 Å². The average Bonchev–Trinajstić information content (AvgIpc) is 2.06. The minimum Gasteiger partial charge on any atom is -0.506 e. The predicted octanol–water partition coefficient (Wildman–Crippen LogP) is 1.56. The molecule has 4 heteroatoms. The van der Waals surface area contributed by atoms with E-state index in [0.29, 0.717) is 5.52 Å². The molecule has 1 aromatic heterocycles. The van der Waals surface area contributed by atoms with E-state index in [0.717, 1.165) is 5.39 Å². The van der Waals surface area contributed by atoms with Gasteiger partial charge in [-0.05, 0) is 12.1 Å². The number of hydrogen-bond donors (Lipinski definition) is 1. The quantitative estimate of drug-likeness (QED) is 0.689. The summed E-state index contributed by atoms with van der Waals surface area (Å²) in [4.78, 5) is 4.03. The number of aromatic nitrogens is 1. The Labute approximate surface area is 97.9 Å². The Morgan fingerprint density at radius 1 is 1.08 bits per heavy atom. The van der Waals surface area contributed by atoms with E-state index in [1.807, 2.05) is 18.2 Å². The summed E-state index contributed by atoms with van der Waals surface area (Å²) in [6.45, 7) is 0. The molecule has 63 valence electrons. The summed E-state index contributed by atoms with van der Waals surface area (Å²) in [5.41, 5.74) is 0.662. The van der Waals surface area contributed by atoms with Gasteiger partial charge in [-0.2, -0.15) is 0 Å². The summed E-state index contributed by atoms with van der Waals surface area (Å²) in [5, 5.41) is 10.3. The van der Waals surface area contributed by atoms with Crippen LogP contribution in [-0.2, 0) is 17.4 Å². The van der Waals surface area contributed by atoms with Gasteiger partial charge in [-0.15, -0.1) is 0 Å². The van der Waals surface area contributed by atoms with Crippen LogP contribution in [0.1, 0.15) is 0 Å². The van der Waals surface area contributed by atoms with Crippen LogP contribution in [-0.4, -0.2) is 27.5 Å². The molecule has 0 unspecified atom stereocenters. The Bertz CT molecular complexity index is 389. The first-order valence-electron chi connectivity index (χ1n) is 3.40. The molecule has 0 aliphatic heterocycles. The number of aromatic hydroxyl groups is 1. The largest absolute Gasteiger partial charge is 0.506 e. The fourth-order valence-electron chi connectivity index (χ4n) is 1.09. The van der Waals surface area contributed by atoms with E-state index in [2.05, 4.69) is 4.98 Å². The Balaban J connectivity index is 0.000000720. The van der Waals surface area contributed by atoms with Crippen LogP contribution in [0.2, 0.25) is 0 Å². The van der Waals surface area contributed by atoms with Crippen molar-refractivity contribution < 1.29 is 22.5 Å². The fraction of sp³-hybridized carbons (Fsp3) is 0. The van der Waals surface area contributed by atoms with Gasteiger partial charge < -0.3 is 5.11 Å². The second kappa shape index (κ2) is 5.27. The number of benzene rings is 1. The summed E-state index contributed by atoms with van der Waals surface area (Å²) >= 11 is 0. The van der Waals surface area contributed by atoms with E-state index in [-0.39, 0.29) is 40.5 Å². The van der Waals surface area contributed by atoms with Gasteiger partial charge >= 0.3 is 0 Å². The normalized spacial score (nSPS) is 8.62. The molecule has 0 aliphatic rings. The molecular weight excluding hydrogens is 217 g/mol. The summed E-state index contributed by atoms with van der Waals surface area (Å²) in [5.74, 6) is 0.239. The summed E-state index contributed by atoms with van der Waals surface area (Å²) in [7, 11) is 0. The van der Waals surface area contributed by atoms with Gasteiger partial charge in [0.2, 0.25) is 0 Å². The number of rotatable bonds is 0. The van der Waals surface area contributed by atoms with Gasteiger partial charge in [0.05, 0.1) is 0 Å². The minimum absolute atomic E-state index is 0. The number of hydrogen-bond acceptors (Lipinski definition) is 2. The van der Waals surface area contributed by atoms with Gasteiger partial charge in [0, 0.05) is 46.3 Å². The van der Waals surface area contributed by atoms with Crippen molar-refractivity contribution in [1.82, 2.24) is 4.98 Å². The Hall–Kier alpha value is -0.505. The van der Waals surface area contributed by atoms with Crippen molar-refractivity contribution in [2.45, 2.75) is 0 Å². The molecule has 2 aromatic rings. The molecule has 0 saturated carbocycles. The van der Waals surface area contributed by atoms with Gasteiger partial charge in [-0.25, -0.2) is 0 Å². The van der Waals surface area contributed by atoms with Crippen LogP contribution in [0.3, 0.4) is 0 Å². The van der Waals surface area contributed by atoms with E-state index in [9.17, 15) is 5.11 Å². The van der Waals surface area contributed by atoms with Crippen LogP contribution in [0.5, 0.6) is 5.75 Å². The number of para-hydroxylation sites is 1. The van der Waals surface area contributed by atoms with Gasteiger partial charge in [-0.3, -0.25) is 4.98 Å². The van der Waals surface area contributed by atoms with Crippen molar-refractivity contribution in [3.05, 3.63) is 36.5 Å². The third kappa shape index (κ3) is 2.47. The van der Waals surface area contributed by atoms with E-state index in [1.165, 1.54) is 0 Å². The number of pyridine rings is 1. The van der Waals surface area contributed by atoms with Crippen LogP contribution in [0.25, 0.3) is 10.9 Å². The van der Waals surface area contributed by atoms with Crippen molar-refractivity contribution in [3.63, 3.8) is 0 Å². The molecule has 0 atom stereocenters. The Morgan fingerprint density at radius 2 is 1.77 bits per heavy atom. The van der Waals surface area contributed by atoms with Crippen LogP contribution < -0.4 is 0 Å². The maximum Gasteiger partial charge on any atom is 0.141 e. The first-order valence-corrected chi connectivity index (χ1v) is 3.40. The van der Waals surface area contributed by atoms with Crippen LogP contribution in [0, 0.1) is 0 Å². The van der Waals surface area contributed by atoms with Crippen LogP contribution >= 0.6 is 0 Å². The van der Waals surface area contributed by atoms with E-state index in [4.69, 9.17) is 0 Å². The number of phenols is 1. The smallest absolute Gasteiger partial charge is 0.141 e. The standard InChI is InChI=1S/C9H7NO.Al.Cr/c11-8-5-1-3-7-4-2-6-10-9(7)8;;/h1-6,11H;;. The van der Waals surface area contributed by atoms with Crippen molar-refractivity contribution in [2.75, 3.05) is 0 Å². The molecular formula is C9H7AlCrNO. The number of fused-ring (bicyclic) bond motifs is 1. The Kier molecular flexibility index (Phi) is 5.07. The SMILES string of the molecule is Oc1cccc2cccnc12.[Al].[Cr]. The molecule has 1 aromatic carbocycles. The molecule has 0 fully saturated rings. The molecule has 0 amide bonds. The van der Waals surface area contributed by atoms with Gasteiger partial charge in [0.15, 0.2) is 0 Å². The first kappa shape index (κ1) is 12.5. The third-order valence-electron chi connectivity index (χ3n) is 1.61. The monoisotopic (exact) mass is 224 g/mol. The van der Waals surface area contributed by atoms with E-state index in [1.54, 1.807) is 18.3 Å². The third-order valence-corrected chi connectivity index (χ3v) is 1.61. The van der Waals surface area contributed by atoms with Gasteiger partial charge in [0.25, 0.3) is 0 Å². The van der Waals surface area contributed by atoms with Gasteiger partial charge in [0.1, 0.15) is 11.3 Å². The average molecular weight is 224 g/mol. The van der Waals surface area contributed by atoms with E-state index >= 15 is 0 Å². The van der Waals surface area contributed by atoms with Crippen LogP contribution in [0.4, 0.5) is 0 Å². The minimum atomic E-state index is 0. The molecule has 0 spiro atoms. The van der Waals surface area contributed by atoms with E-state index < -0.39 is 0 Å². The molecule has 0 bridgehead atoms. The molecule has 13 heavy (non-hydrogen) atoms. The zero-order chi connectivity index (χ0) is 7.68. The molecule has 2 nitrogen and oxygen atoms in total. The number of phenolic OH excluding ortho intramolecular Hbond substituents is 1. The van der Waals surface area contributed by atoms with Crippen molar-refractivity contribution in [1.29, 1.82) is 0 Å². The summed E-state index contributed by atoms with van der Waals surface area (Å²) in [6.07, 6.45) is 1.67. The molecule has 3 radical (unpaired) electrons. The first-order chi connectivity index (χ1) is 5.38. The fourth-order valence-corrected chi connectivity index (χ4v) is 1.09. The van der Waals surface area contributed by atoms with Crippen LogP contribution in [0.15, 0.2) is 36.5 Å². The summed E-state index contributed by atoms with van der Waals surface area (Å²) in [6, 6.07) is 9.13. The molecule has 0 saturated heterocycles. The molecule has 1 heterocycles. The molecule has 0 aliphatic carbocycles.